The summed E-state index contributed by atoms with van der Waals surface area (Å²) in [4.78, 5) is 11.7. The molecule has 0 aromatic heterocycles. The highest BCUT2D eigenvalue weighted by molar-refractivity contribution is 5.78. The lowest BCUT2D eigenvalue weighted by Crippen LogP contribution is -2.32. The predicted octanol–water partition coefficient (Wildman–Crippen LogP) is 3.96. The van der Waals surface area contributed by atoms with Crippen LogP contribution in [0.3, 0.4) is 0 Å². The van der Waals surface area contributed by atoms with Crippen LogP contribution in [-0.4, -0.2) is 5.78 Å². The monoisotopic (exact) mass is 208 g/mol. The van der Waals surface area contributed by atoms with E-state index in [2.05, 4.69) is 0 Å². The van der Waals surface area contributed by atoms with E-state index in [9.17, 15) is 4.79 Å². The molecule has 1 heteroatoms. The third-order valence-electron chi connectivity index (χ3n) is 4.60. The van der Waals surface area contributed by atoms with Crippen LogP contribution in [0.25, 0.3) is 0 Å². The lowest BCUT2D eigenvalue weighted by Gasteiger charge is -2.37. The summed E-state index contributed by atoms with van der Waals surface area (Å²) in [7, 11) is 0. The van der Waals surface area contributed by atoms with Gasteiger partial charge in [0.1, 0.15) is 5.78 Å². The summed E-state index contributed by atoms with van der Waals surface area (Å²) >= 11 is 0. The average Bonchev–Trinajstić information content (AvgIpc) is 2.30. The summed E-state index contributed by atoms with van der Waals surface area (Å²) in [5.41, 5.74) is 0. The summed E-state index contributed by atoms with van der Waals surface area (Å²) in [6.07, 6.45) is 12.2. The van der Waals surface area contributed by atoms with Crippen LogP contribution in [0.2, 0.25) is 0 Å². The van der Waals surface area contributed by atoms with Gasteiger partial charge in [-0.3, -0.25) is 4.79 Å². The summed E-state index contributed by atoms with van der Waals surface area (Å²) in [5, 5.41) is 0. The van der Waals surface area contributed by atoms with Crippen LogP contribution >= 0.6 is 0 Å². The quantitative estimate of drug-likeness (QED) is 0.671. The first kappa shape index (κ1) is 11.2. The number of Topliss-reactive ketones (excluding diaryl/α,β-unsaturated/α-hetero) is 1. The number of carbonyl (C=O) groups excluding carboxylic acids is 1. The molecule has 2 rings (SSSR count). The Morgan fingerprint density at radius 3 is 2.13 bits per heavy atom. The van der Waals surface area contributed by atoms with E-state index >= 15 is 0 Å². The van der Waals surface area contributed by atoms with Crippen molar-refractivity contribution < 1.29 is 4.79 Å². The van der Waals surface area contributed by atoms with Crippen molar-refractivity contribution in [1.82, 2.24) is 0 Å². The van der Waals surface area contributed by atoms with E-state index in [0.717, 1.165) is 11.8 Å². The lowest BCUT2D eigenvalue weighted by molar-refractivity contribution is -0.124. The maximum absolute atomic E-state index is 11.7. The summed E-state index contributed by atoms with van der Waals surface area (Å²) < 4.78 is 0. The van der Waals surface area contributed by atoms with Crippen molar-refractivity contribution >= 4 is 5.78 Å². The molecule has 2 aliphatic rings. The van der Waals surface area contributed by atoms with Gasteiger partial charge in [-0.2, -0.15) is 0 Å². The molecule has 0 bridgehead atoms. The van der Waals surface area contributed by atoms with Crippen LogP contribution in [0.5, 0.6) is 0 Å². The number of hydrogen-bond donors (Lipinski definition) is 0. The second-order valence-electron chi connectivity index (χ2n) is 5.56. The highest BCUT2D eigenvalue weighted by atomic mass is 16.1. The van der Waals surface area contributed by atoms with Crippen molar-refractivity contribution in [1.29, 1.82) is 0 Å². The van der Waals surface area contributed by atoms with Crippen LogP contribution in [0.1, 0.15) is 64.7 Å². The number of ketones is 1. The van der Waals surface area contributed by atoms with E-state index in [1.165, 1.54) is 57.8 Å². The maximum atomic E-state index is 11.7. The summed E-state index contributed by atoms with van der Waals surface area (Å²) in [6, 6.07) is 0. The van der Waals surface area contributed by atoms with Crippen molar-refractivity contribution in [3.63, 3.8) is 0 Å². The molecule has 1 nitrogen and oxygen atoms in total. The molecule has 0 N–H and O–H groups in total. The van der Waals surface area contributed by atoms with E-state index < -0.39 is 0 Å². The smallest absolute Gasteiger partial charge is 0.133 e. The molecule has 15 heavy (non-hydrogen) atoms. The van der Waals surface area contributed by atoms with Crippen molar-refractivity contribution in [2.24, 2.45) is 17.8 Å². The molecule has 0 unspecified atom stereocenters. The molecule has 0 aromatic carbocycles. The Morgan fingerprint density at radius 1 is 0.867 bits per heavy atom. The minimum atomic E-state index is 0.418. The first-order chi connectivity index (χ1) is 7.29. The fraction of sp³-hybridized carbons (Fsp3) is 0.929. The first-order valence-electron chi connectivity index (χ1n) is 6.79. The van der Waals surface area contributed by atoms with Gasteiger partial charge in [-0.25, -0.2) is 0 Å². The number of carbonyl (C=O) groups is 1. The van der Waals surface area contributed by atoms with Gasteiger partial charge in [-0.1, -0.05) is 44.9 Å². The van der Waals surface area contributed by atoms with Crippen LogP contribution < -0.4 is 0 Å². The summed E-state index contributed by atoms with van der Waals surface area (Å²) in [6.45, 7) is 1.81. The van der Waals surface area contributed by atoms with Gasteiger partial charge in [0.15, 0.2) is 0 Å². The van der Waals surface area contributed by atoms with Gasteiger partial charge in [-0.15, -0.1) is 0 Å². The topological polar surface area (TPSA) is 17.1 Å². The molecule has 86 valence electrons. The molecule has 2 fully saturated rings. The fourth-order valence-electron chi connectivity index (χ4n) is 3.79. The average molecular weight is 208 g/mol. The molecule has 0 heterocycles. The second-order valence-corrected chi connectivity index (χ2v) is 5.56. The van der Waals surface area contributed by atoms with Gasteiger partial charge in [-0.05, 0) is 31.6 Å². The standard InChI is InChI=1S/C14H24O/c1-11(15)13-9-5-6-10-14(13)12-7-3-2-4-8-12/h12-14H,2-10H2,1H3/t13-,14+/m1/s1. The zero-order valence-electron chi connectivity index (χ0n) is 10.0. The van der Waals surface area contributed by atoms with E-state index in [4.69, 9.17) is 0 Å². The Bertz CT molecular complexity index is 215. The van der Waals surface area contributed by atoms with E-state index in [1.54, 1.807) is 0 Å². The Morgan fingerprint density at radius 2 is 1.47 bits per heavy atom. The van der Waals surface area contributed by atoms with Gasteiger partial charge < -0.3 is 0 Å². The van der Waals surface area contributed by atoms with Crippen LogP contribution in [0.15, 0.2) is 0 Å². The van der Waals surface area contributed by atoms with Gasteiger partial charge in [0.05, 0.1) is 0 Å². The van der Waals surface area contributed by atoms with Crippen molar-refractivity contribution in [2.45, 2.75) is 64.7 Å². The minimum Gasteiger partial charge on any atom is -0.300 e. The van der Waals surface area contributed by atoms with Crippen molar-refractivity contribution in [3.05, 3.63) is 0 Å². The van der Waals surface area contributed by atoms with Gasteiger partial charge in [0.25, 0.3) is 0 Å². The molecule has 0 spiro atoms. The van der Waals surface area contributed by atoms with E-state index in [-0.39, 0.29) is 0 Å². The zero-order chi connectivity index (χ0) is 10.7. The Labute approximate surface area is 93.6 Å². The minimum absolute atomic E-state index is 0.418. The fourth-order valence-corrected chi connectivity index (χ4v) is 3.79. The predicted molar refractivity (Wildman–Crippen MR) is 62.7 cm³/mol. The highest BCUT2D eigenvalue weighted by Crippen LogP contribution is 2.41. The third-order valence-corrected chi connectivity index (χ3v) is 4.60. The molecule has 2 aliphatic carbocycles. The second kappa shape index (κ2) is 5.14. The van der Waals surface area contributed by atoms with Gasteiger partial charge in [0, 0.05) is 5.92 Å². The van der Waals surface area contributed by atoms with Crippen LogP contribution in [-0.2, 0) is 4.79 Å². The van der Waals surface area contributed by atoms with Crippen LogP contribution in [0.4, 0.5) is 0 Å². The van der Waals surface area contributed by atoms with Gasteiger partial charge >= 0.3 is 0 Å². The number of rotatable bonds is 2. The largest absolute Gasteiger partial charge is 0.300 e. The SMILES string of the molecule is CC(=O)[C@H]1CCCC[C@H]1C1CCCCC1. The zero-order valence-corrected chi connectivity index (χ0v) is 10.0. The van der Waals surface area contributed by atoms with Crippen molar-refractivity contribution in [3.8, 4) is 0 Å². The van der Waals surface area contributed by atoms with Crippen LogP contribution in [0, 0.1) is 17.8 Å². The molecule has 2 saturated carbocycles. The Hall–Kier alpha value is -0.330. The van der Waals surface area contributed by atoms with Gasteiger partial charge in [0.2, 0.25) is 0 Å². The molecule has 0 saturated heterocycles. The molecule has 2 atom stereocenters. The molecule has 0 amide bonds. The lowest BCUT2D eigenvalue weighted by atomic mass is 9.67. The highest BCUT2D eigenvalue weighted by Gasteiger charge is 2.34. The number of hydrogen-bond acceptors (Lipinski definition) is 1. The molecule has 0 radical (unpaired) electrons. The van der Waals surface area contributed by atoms with Crippen molar-refractivity contribution in [2.75, 3.05) is 0 Å². The summed E-state index contributed by atoms with van der Waals surface area (Å²) in [5.74, 6) is 2.51. The Kier molecular flexibility index (Phi) is 3.82. The molecule has 0 aromatic rings. The molecule has 0 aliphatic heterocycles. The normalized spacial score (nSPS) is 33.9. The maximum Gasteiger partial charge on any atom is 0.133 e. The first-order valence-corrected chi connectivity index (χ1v) is 6.79. The molecular weight excluding hydrogens is 184 g/mol. The third kappa shape index (κ3) is 2.62. The Balaban J connectivity index is 1.99. The van der Waals surface area contributed by atoms with E-state index in [0.29, 0.717) is 11.7 Å². The molecular formula is C14H24O. The van der Waals surface area contributed by atoms with E-state index in [1.807, 2.05) is 6.92 Å².